The van der Waals surface area contributed by atoms with Crippen molar-refractivity contribution in [3.05, 3.63) is 63.6 Å². The molecule has 0 aliphatic carbocycles. The summed E-state index contributed by atoms with van der Waals surface area (Å²) in [5.74, 6) is -0.263. The zero-order valence-electron chi connectivity index (χ0n) is 10.00. The highest BCUT2D eigenvalue weighted by atomic mass is 79.9. The number of benzene rings is 2. The van der Waals surface area contributed by atoms with E-state index in [4.69, 9.17) is 10.5 Å². The Labute approximate surface area is 118 Å². The Balaban J connectivity index is 2.12. The summed E-state index contributed by atoms with van der Waals surface area (Å²) >= 11 is 3.06. The van der Waals surface area contributed by atoms with E-state index in [0.29, 0.717) is 21.3 Å². The van der Waals surface area contributed by atoms with Crippen LogP contribution in [0.15, 0.2) is 40.9 Å². The van der Waals surface area contributed by atoms with Crippen LogP contribution in [0.1, 0.15) is 11.1 Å². The fourth-order valence-corrected chi connectivity index (χ4v) is 1.99. The normalized spacial score (nSPS) is 10.5. The largest absolute Gasteiger partial charge is 0.489 e. The average molecular weight is 328 g/mol. The maximum atomic E-state index is 13.9. The number of halogens is 3. The van der Waals surface area contributed by atoms with Crippen LogP contribution in [0.3, 0.4) is 0 Å². The molecule has 2 aromatic rings. The SMILES string of the molecule is NCc1cccc(COc2ccc(F)c(Br)c2)c1F. The molecular formula is C14H12BrF2NO. The van der Waals surface area contributed by atoms with Gasteiger partial charge in [0, 0.05) is 17.7 Å². The van der Waals surface area contributed by atoms with Gasteiger partial charge in [-0.3, -0.25) is 0 Å². The van der Waals surface area contributed by atoms with Gasteiger partial charge in [0.05, 0.1) is 4.47 Å². The standard InChI is InChI=1S/C14H12BrF2NO/c15-12-6-11(4-5-13(12)16)19-8-10-3-1-2-9(7-18)14(10)17/h1-6H,7-8,18H2. The van der Waals surface area contributed by atoms with Gasteiger partial charge < -0.3 is 10.5 Å². The van der Waals surface area contributed by atoms with Crippen LogP contribution in [-0.4, -0.2) is 0 Å². The van der Waals surface area contributed by atoms with E-state index in [9.17, 15) is 8.78 Å². The molecule has 2 nitrogen and oxygen atoms in total. The Morgan fingerprint density at radius 3 is 2.53 bits per heavy atom. The molecule has 2 N–H and O–H groups in total. The second-order valence-electron chi connectivity index (χ2n) is 3.96. The van der Waals surface area contributed by atoms with Gasteiger partial charge in [0.25, 0.3) is 0 Å². The minimum absolute atomic E-state index is 0.0672. The average Bonchev–Trinajstić information content (AvgIpc) is 2.41. The number of hydrogen-bond acceptors (Lipinski definition) is 2. The van der Waals surface area contributed by atoms with Gasteiger partial charge in [-0.25, -0.2) is 8.78 Å². The van der Waals surface area contributed by atoms with E-state index in [1.807, 2.05) is 0 Å². The molecule has 5 heteroatoms. The molecule has 0 aromatic heterocycles. The zero-order valence-corrected chi connectivity index (χ0v) is 11.6. The topological polar surface area (TPSA) is 35.2 Å². The van der Waals surface area contributed by atoms with Crippen molar-refractivity contribution in [3.8, 4) is 5.75 Å². The molecule has 0 amide bonds. The van der Waals surface area contributed by atoms with E-state index >= 15 is 0 Å². The van der Waals surface area contributed by atoms with Crippen molar-refractivity contribution in [2.24, 2.45) is 5.73 Å². The van der Waals surface area contributed by atoms with Crippen LogP contribution in [0.4, 0.5) is 8.78 Å². The highest BCUT2D eigenvalue weighted by Crippen LogP contribution is 2.23. The number of ether oxygens (including phenoxy) is 1. The molecule has 0 aliphatic rings. The van der Waals surface area contributed by atoms with Crippen LogP contribution < -0.4 is 10.5 Å². The molecule has 0 spiro atoms. The maximum Gasteiger partial charge on any atom is 0.137 e. The molecule has 19 heavy (non-hydrogen) atoms. The van der Waals surface area contributed by atoms with Gasteiger partial charge in [-0.15, -0.1) is 0 Å². The summed E-state index contributed by atoms with van der Waals surface area (Å²) < 4.78 is 32.7. The quantitative estimate of drug-likeness (QED) is 0.927. The smallest absolute Gasteiger partial charge is 0.137 e. The Morgan fingerprint density at radius 2 is 1.84 bits per heavy atom. The number of rotatable bonds is 4. The van der Waals surface area contributed by atoms with Crippen molar-refractivity contribution in [2.45, 2.75) is 13.2 Å². The summed E-state index contributed by atoms with van der Waals surface area (Å²) in [6.45, 7) is 0.208. The summed E-state index contributed by atoms with van der Waals surface area (Å²) in [5.41, 5.74) is 6.30. The van der Waals surface area contributed by atoms with E-state index in [-0.39, 0.29) is 24.8 Å². The fraction of sp³-hybridized carbons (Fsp3) is 0.143. The molecule has 0 unspecified atom stereocenters. The maximum absolute atomic E-state index is 13.9. The van der Waals surface area contributed by atoms with E-state index in [0.717, 1.165) is 0 Å². The van der Waals surface area contributed by atoms with Crippen LogP contribution in [0, 0.1) is 11.6 Å². The molecular weight excluding hydrogens is 316 g/mol. The van der Waals surface area contributed by atoms with E-state index < -0.39 is 0 Å². The molecule has 0 heterocycles. The van der Waals surface area contributed by atoms with E-state index in [2.05, 4.69) is 15.9 Å². The van der Waals surface area contributed by atoms with Gasteiger partial charge in [-0.1, -0.05) is 18.2 Å². The Morgan fingerprint density at radius 1 is 1.11 bits per heavy atom. The fourth-order valence-electron chi connectivity index (χ4n) is 1.63. The number of hydrogen-bond donors (Lipinski definition) is 1. The van der Waals surface area contributed by atoms with Crippen molar-refractivity contribution < 1.29 is 13.5 Å². The minimum atomic E-state index is -0.372. The van der Waals surface area contributed by atoms with Gasteiger partial charge in [-0.05, 0) is 34.1 Å². The van der Waals surface area contributed by atoms with Crippen molar-refractivity contribution in [2.75, 3.05) is 0 Å². The lowest BCUT2D eigenvalue weighted by molar-refractivity contribution is 0.298. The second kappa shape index (κ2) is 6.12. The first-order valence-electron chi connectivity index (χ1n) is 5.66. The van der Waals surface area contributed by atoms with Crippen molar-refractivity contribution in [1.82, 2.24) is 0 Å². The summed E-state index contributed by atoms with van der Waals surface area (Å²) in [7, 11) is 0. The Hall–Kier alpha value is -1.46. The van der Waals surface area contributed by atoms with Crippen LogP contribution in [0.5, 0.6) is 5.75 Å². The Kier molecular flexibility index (Phi) is 4.50. The van der Waals surface area contributed by atoms with E-state index in [1.54, 1.807) is 18.2 Å². The second-order valence-corrected chi connectivity index (χ2v) is 4.81. The molecule has 100 valence electrons. The van der Waals surface area contributed by atoms with Crippen LogP contribution in [0.2, 0.25) is 0 Å². The third kappa shape index (κ3) is 3.30. The summed E-state index contributed by atoms with van der Waals surface area (Å²) in [6, 6.07) is 9.27. The highest BCUT2D eigenvalue weighted by molar-refractivity contribution is 9.10. The Bertz CT molecular complexity index is 590. The van der Waals surface area contributed by atoms with Gasteiger partial charge in [0.15, 0.2) is 0 Å². The number of nitrogens with two attached hydrogens (primary N) is 1. The van der Waals surface area contributed by atoms with Crippen molar-refractivity contribution in [3.63, 3.8) is 0 Å². The van der Waals surface area contributed by atoms with Gasteiger partial charge in [0.2, 0.25) is 0 Å². The van der Waals surface area contributed by atoms with Crippen LogP contribution >= 0.6 is 15.9 Å². The minimum Gasteiger partial charge on any atom is -0.489 e. The first-order valence-corrected chi connectivity index (χ1v) is 6.45. The summed E-state index contributed by atoms with van der Waals surface area (Å²) in [4.78, 5) is 0. The molecule has 0 fully saturated rings. The zero-order chi connectivity index (χ0) is 13.8. The molecule has 2 rings (SSSR count). The first kappa shape index (κ1) is 14.0. The van der Waals surface area contributed by atoms with Crippen LogP contribution in [0.25, 0.3) is 0 Å². The van der Waals surface area contributed by atoms with Gasteiger partial charge in [0.1, 0.15) is 24.0 Å². The molecule has 0 saturated carbocycles. The van der Waals surface area contributed by atoms with Crippen molar-refractivity contribution in [1.29, 1.82) is 0 Å². The third-order valence-electron chi connectivity index (χ3n) is 2.66. The molecule has 0 atom stereocenters. The predicted molar refractivity (Wildman–Crippen MR) is 72.7 cm³/mol. The monoisotopic (exact) mass is 327 g/mol. The lowest BCUT2D eigenvalue weighted by Crippen LogP contribution is -2.05. The molecule has 0 saturated heterocycles. The lowest BCUT2D eigenvalue weighted by Gasteiger charge is -2.09. The third-order valence-corrected chi connectivity index (χ3v) is 3.27. The highest BCUT2D eigenvalue weighted by Gasteiger charge is 2.08. The van der Waals surface area contributed by atoms with Gasteiger partial charge in [-0.2, -0.15) is 0 Å². The molecule has 0 radical (unpaired) electrons. The van der Waals surface area contributed by atoms with Crippen LogP contribution in [-0.2, 0) is 13.2 Å². The van der Waals surface area contributed by atoms with E-state index in [1.165, 1.54) is 18.2 Å². The van der Waals surface area contributed by atoms with Crippen molar-refractivity contribution >= 4 is 15.9 Å². The summed E-state index contributed by atoms with van der Waals surface area (Å²) in [5, 5.41) is 0. The van der Waals surface area contributed by atoms with Gasteiger partial charge >= 0.3 is 0 Å². The molecule has 0 bridgehead atoms. The molecule has 0 aliphatic heterocycles. The lowest BCUT2D eigenvalue weighted by atomic mass is 10.1. The summed E-state index contributed by atoms with van der Waals surface area (Å²) in [6.07, 6.45) is 0. The molecule has 2 aromatic carbocycles. The first-order chi connectivity index (χ1) is 9.11. The predicted octanol–water partition coefficient (Wildman–Crippen LogP) is 3.77.